The van der Waals surface area contributed by atoms with Crippen LogP contribution < -0.4 is 0 Å². The van der Waals surface area contributed by atoms with Crippen molar-refractivity contribution >= 4 is 17.5 Å². The van der Waals surface area contributed by atoms with Gasteiger partial charge in [0.05, 0.1) is 12.4 Å². The summed E-state index contributed by atoms with van der Waals surface area (Å²) in [6.07, 6.45) is 5.77. The number of carbonyl (C=O) groups excluding carboxylic acids is 1. The first kappa shape index (κ1) is 19.8. The molecule has 0 unspecified atom stereocenters. The number of carbonyl (C=O) groups is 1. The van der Waals surface area contributed by atoms with E-state index in [9.17, 15) is 4.79 Å². The Morgan fingerprint density at radius 1 is 1.24 bits per heavy atom. The Morgan fingerprint density at radius 3 is 2.69 bits per heavy atom. The summed E-state index contributed by atoms with van der Waals surface area (Å²) < 4.78 is 9.49. The van der Waals surface area contributed by atoms with Crippen molar-refractivity contribution in [3.8, 4) is 11.4 Å². The Hall–Kier alpha value is -2.45. The molecule has 0 N–H and O–H groups in total. The van der Waals surface area contributed by atoms with Gasteiger partial charge in [-0.25, -0.2) is 0 Å². The molecule has 1 saturated carbocycles. The number of methoxy groups -OCH3 is 1. The minimum Gasteiger partial charge on any atom is -0.383 e. The quantitative estimate of drug-likeness (QED) is 0.395. The van der Waals surface area contributed by atoms with Gasteiger partial charge >= 0.3 is 0 Å². The lowest BCUT2D eigenvalue weighted by atomic mass is 10.2. The predicted molar refractivity (Wildman–Crippen MR) is 112 cm³/mol. The lowest BCUT2D eigenvalue weighted by Gasteiger charge is -2.09. The fraction of sp³-hybridized carbons (Fsp3) is 0.429. The highest BCUT2D eigenvalue weighted by atomic mass is 32.2. The molecule has 1 aliphatic rings. The number of hydrogen-bond donors (Lipinski definition) is 0. The van der Waals surface area contributed by atoms with Gasteiger partial charge in [0.15, 0.2) is 16.8 Å². The van der Waals surface area contributed by atoms with Gasteiger partial charge in [0.1, 0.15) is 0 Å². The Bertz CT molecular complexity index is 1010. The van der Waals surface area contributed by atoms with Gasteiger partial charge in [0.2, 0.25) is 0 Å². The van der Waals surface area contributed by atoms with E-state index >= 15 is 0 Å². The normalized spacial score (nSPS) is 13.8. The van der Waals surface area contributed by atoms with Gasteiger partial charge in [-0.1, -0.05) is 11.8 Å². The first-order chi connectivity index (χ1) is 14.1. The van der Waals surface area contributed by atoms with E-state index in [1.807, 2.05) is 32.0 Å². The third-order valence-electron chi connectivity index (χ3n) is 5.24. The first-order valence-electron chi connectivity index (χ1n) is 9.77. The van der Waals surface area contributed by atoms with Gasteiger partial charge in [0.25, 0.3) is 0 Å². The monoisotopic (exact) mass is 411 g/mol. The van der Waals surface area contributed by atoms with Crippen molar-refractivity contribution < 1.29 is 9.53 Å². The molecule has 1 aliphatic carbocycles. The molecule has 8 heteroatoms. The molecule has 3 heterocycles. The van der Waals surface area contributed by atoms with Crippen LogP contribution in [0.15, 0.2) is 35.7 Å². The van der Waals surface area contributed by atoms with Crippen molar-refractivity contribution in [2.75, 3.05) is 19.5 Å². The minimum atomic E-state index is 0.113. The molecule has 3 aromatic heterocycles. The highest BCUT2D eigenvalue weighted by molar-refractivity contribution is 7.99. The topological polar surface area (TPSA) is 74.8 Å². The van der Waals surface area contributed by atoms with Gasteiger partial charge in [-0.15, -0.1) is 10.2 Å². The van der Waals surface area contributed by atoms with Crippen LogP contribution in [0.4, 0.5) is 0 Å². The second kappa shape index (κ2) is 8.51. The predicted octanol–water partition coefficient (Wildman–Crippen LogP) is 3.71. The fourth-order valence-corrected chi connectivity index (χ4v) is 4.44. The van der Waals surface area contributed by atoms with Crippen molar-refractivity contribution in [2.24, 2.45) is 0 Å². The smallest absolute Gasteiger partial charge is 0.192 e. The zero-order valence-corrected chi connectivity index (χ0v) is 17.8. The number of rotatable bonds is 9. The molecule has 152 valence electrons. The maximum Gasteiger partial charge on any atom is 0.192 e. The van der Waals surface area contributed by atoms with Crippen molar-refractivity contribution in [3.63, 3.8) is 0 Å². The van der Waals surface area contributed by atoms with Gasteiger partial charge in [-0.05, 0) is 44.9 Å². The van der Waals surface area contributed by atoms with E-state index < -0.39 is 0 Å². The SMILES string of the molecule is COCCn1c(C)cc(C(=O)CSc2nnc(-c3ccncc3)n2C2CC2)c1C. The number of pyridine rings is 1. The van der Waals surface area contributed by atoms with Gasteiger partial charge in [-0.3, -0.25) is 14.3 Å². The van der Waals surface area contributed by atoms with Crippen LogP contribution in [0.3, 0.4) is 0 Å². The number of ether oxygens (including phenoxy) is 1. The van der Waals surface area contributed by atoms with Crippen molar-refractivity contribution in [3.05, 3.63) is 47.5 Å². The zero-order valence-electron chi connectivity index (χ0n) is 17.0. The van der Waals surface area contributed by atoms with Gasteiger partial charge in [-0.2, -0.15) is 0 Å². The van der Waals surface area contributed by atoms with Crippen molar-refractivity contribution in [1.29, 1.82) is 0 Å². The minimum absolute atomic E-state index is 0.113. The molecule has 0 atom stereocenters. The highest BCUT2D eigenvalue weighted by Crippen LogP contribution is 2.41. The molecule has 7 nitrogen and oxygen atoms in total. The molecule has 3 aromatic rings. The molecule has 29 heavy (non-hydrogen) atoms. The van der Waals surface area contributed by atoms with Gasteiger partial charge in [0, 0.05) is 54.6 Å². The molecule has 0 spiro atoms. The van der Waals surface area contributed by atoms with Crippen LogP contribution in [0.1, 0.15) is 40.6 Å². The van der Waals surface area contributed by atoms with E-state index in [-0.39, 0.29) is 5.78 Å². The van der Waals surface area contributed by atoms with Crippen LogP contribution >= 0.6 is 11.8 Å². The van der Waals surface area contributed by atoms with E-state index in [1.165, 1.54) is 11.8 Å². The summed E-state index contributed by atoms with van der Waals surface area (Å²) in [4.78, 5) is 17.0. The summed E-state index contributed by atoms with van der Waals surface area (Å²) in [5.41, 5.74) is 3.84. The fourth-order valence-electron chi connectivity index (χ4n) is 3.55. The second-order valence-corrected chi connectivity index (χ2v) is 8.23. The molecule has 4 rings (SSSR count). The molecular weight excluding hydrogens is 386 g/mol. The molecule has 0 bridgehead atoms. The average molecular weight is 412 g/mol. The van der Waals surface area contributed by atoms with Crippen LogP contribution in [0, 0.1) is 13.8 Å². The summed E-state index contributed by atoms with van der Waals surface area (Å²) in [6, 6.07) is 6.28. The molecule has 0 aromatic carbocycles. The van der Waals surface area contributed by atoms with Crippen molar-refractivity contribution in [2.45, 2.75) is 44.4 Å². The lowest BCUT2D eigenvalue weighted by molar-refractivity contribution is 0.102. The number of aromatic nitrogens is 5. The summed E-state index contributed by atoms with van der Waals surface area (Å²) in [7, 11) is 1.69. The summed E-state index contributed by atoms with van der Waals surface area (Å²) >= 11 is 1.47. The largest absolute Gasteiger partial charge is 0.383 e. The molecular formula is C21H25N5O2S. The van der Waals surface area contributed by atoms with Crippen molar-refractivity contribution in [1.82, 2.24) is 24.3 Å². The average Bonchev–Trinajstić information content (AvgIpc) is 3.42. The molecule has 0 amide bonds. The van der Waals surface area contributed by atoms with E-state index in [0.29, 0.717) is 18.4 Å². The van der Waals surface area contributed by atoms with Crippen LogP contribution in [0.25, 0.3) is 11.4 Å². The summed E-state index contributed by atoms with van der Waals surface area (Å²) in [5, 5.41) is 9.60. The second-order valence-electron chi connectivity index (χ2n) is 7.28. The van der Waals surface area contributed by atoms with E-state index in [2.05, 4.69) is 24.3 Å². The van der Waals surface area contributed by atoms with Gasteiger partial charge < -0.3 is 9.30 Å². The number of Topliss-reactive ketones (excluding diaryl/α,β-unsaturated/α-hetero) is 1. The van der Waals surface area contributed by atoms with E-state index in [0.717, 1.165) is 52.9 Å². The third-order valence-corrected chi connectivity index (χ3v) is 6.18. The maximum absolute atomic E-state index is 12.9. The Kier molecular flexibility index (Phi) is 5.82. The zero-order chi connectivity index (χ0) is 20.4. The molecule has 0 saturated heterocycles. The summed E-state index contributed by atoms with van der Waals surface area (Å²) in [6.45, 7) is 5.40. The van der Waals surface area contributed by atoms with Crippen LogP contribution in [0.2, 0.25) is 0 Å². The van der Waals surface area contributed by atoms with Crippen LogP contribution in [-0.2, 0) is 11.3 Å². The number of thioether (sulfide) groups is 1. The Balaban J connectivity index is 1.51. The Labute approximate surface area is 174 Å². The number of nitrogens with zero attached hydrogens (tertiary/aromatic N) is 5. The number of aryl methyl sites for hydroxylation is 1. The number of hydrogen-bond acceptors (Lipinski definition) is 6. The number of ketones is 1. The highest BCUT2D eigenvalue weighted by Gasteiger charge is 2.30. The van der Waals surface area contributed by atoms with E-state index in [4.69, 9.17) is 4.74 Å². The summed E-state index contributed by atoms with van der Waals surface area (Å²) in [5.74, 6) is 1.31. The third kappa shape index (κ3) is 4.13. The van der Waals surface area contributed by atoms with Crippen LogP contribution in [0.5, 0.6) is 0 Å². The Morgan fingerprint density at radius 2 is 2.00 bits per heavy atom. The van der Waals surface area contributed by atoms with Crippen LogP contribution in [-0.4, -0.2) is 49.6 Å². The first-order valence-corrected chi connectivity index (χ1v) is 10.8. The standard InChI is InChI=1S/C21H25N5O2S/c1-14-12-18(15(2)25(14)10-11-28-3)19(27)13-29-21-24-23-20(26(21)17-4-5-17)16-6-8-22-9-7-16/h6-9,12,17H,4-5,10-11,13H2,1-3H3. The lowest BCUT2D eigenvalue weighted by Crippen LogP contribution is -2.10. The maximum atomic E-state index is 12.9. The molecule has 0 aliphatic heterocycles. The van der Waals surface area contributed by atoms with E-state index in [1.54, 1.807) is 19.5 Å². The molecule has 1 fully saturated rings. The molecule has 0 radical (unpaired) electrons.